The Balaban J connectivity index is 1.87. The van der Waals surface area contributed by atoms with Crippen molar-refractivity contribution >= 4 is 17.2 Å². The number of ether oxygens (including phenoxy) is 1. The molecule has 2 heterocycles. The standard InChI is InChI=1S/C20H26N2O2S/c1-4-14(2)21-13-19(23)22-11-9-18-17(10-12-25-18)20(22)15-5-7-16(24-3)8-6-15/h5-8,10,12,14,20-21H,4,9,11,13H2,1-3H3/p+1/t14-,20+/m0/s1. The molecule has 3 rings (SSSR count). The average Bonchev–Trinajstić information content (AvgIpc) is 3.13. The molecule has 1 aliphatic rings. The van der Waals surface area contributed by atoms with Gasteiger partial charge in [0.25, 0.3) is 5.91 Å². The second kappa shape index (κ2) is 8.02. The molecule has 0 saturated heterocycles. The molecule has 4 nitrogen and oxygen atoms in total. The molecule has 1 amide bonds. The monoisotopic (exact) mass is 359 g/mol. The van der Waals surface area contributed by atoms with Crippen molar-refractivity contribution in [3.05, 3.63) is 51.7 Å². The van der Waals surface area contributed by atoms with Gasteiger partial charge in [-0.25, -0.2) is 0 Å². The highest BCUT2D eigenvalue weighted by atomic mass is 32.1. The van der Waals surface area contributed by atoms with Gasteiger partial charge in [0.1, 0.15) is 5.75 Å². The lowest BCUT2D eigenvalue weighted by molar-refractivity contribution is -0.676. The van der Waals surface area contributed by atoms with Crippen molar-refractivity contribution in [1.82, 2.24) is 4.90 Å². The minimum atomic E-state index is 0.0127. The fraction of sp³-hybridized carbons (Fsp3) is 0.450. The summed E-state index contributed by atoms with van der Waals surface area (Å²) >= 11 is 1.80. The Morgan fingerprint density at radius 1 is 1.36 bits per heavy atom. The highest BCUT2D eigenvalue weighted by molar-refractivity contribution is 7.10. The van der Waals surface area contributed by atoms with Crippen LogP contribution in [0.15, 0.2) is 35.7 Å². The van der Waals surface area contributed by atoms with Crippen LogP contribution in [0.1, 0.15) is 42.3 Å². The zero-order valence-electron chi connectivity index (χ0n) is 15.2. The first-order chi connectivity index (χ1) is 12.1. The molecule has 0 fully saturated rings. The van der Waals surface area contributed by atoms with E-state index >= 15 is 0 Å². The Hall–Kier alpha value is -1.85. The van der Waals surface area contributed by atoms with E-state index in [2.05, 4.69) is 47.6 Å². The molecular weight excluding hydrogens is 332 g/mol. The Bertz CT molecular complexity index is 711. The Kier molecular flexibility index (Phi) is 5.76. The maximum Gasteiger partial charge on any atom is 0.278 e. The van der Waals surface area contributed by atoms with Gasteiger partial charge in [-0.1, -0.05) is 19.1 Å². The van der Waals surface area contributed by atoms with Gasteiger partial charge in [-0.15, -0.1) is 11.3 Å². The first-order valence-corrected chi connectivity index (χ1v) is 9.85. The van der Waals surface area contributed by atoms with Crippen molar-refractivity contribution in [1.29, 1.82) is 0 Å². The Morgan fingerprint density at radius 3 is 2.80 bits per heavy atom. The predicted octanol–water partition coefficient (Wildman–Crippen LogP) is 2.59. The molecule has 0 unspecified atom stereocenters. The third-order valence-corrected chi connectivity index (χ3v) is 6.05. The van der Waals surface area contributed by atoms with Crippen LogP contribution in [-0.4, -0.2) is 37.0 Å². The number of fused-ring (bicyclic) bond motifs is 1. The van der Waals surface area contributed by atoms with Crippen LogP contribution in [0, 0.1) is 0 Å². The van der Waals surface area contributed by atoms with E-state index in [0.717, 1.165) is 30.7 Å². The molecular formula is C20H27N2O2S+. The number of thiophene rings is 1. The number of hydrogen-bond donors (Lipinski definition) is 1. The number of amides is 1. The number of nitrogens with zero attached hydrogens (tertiary/aromatic N) is 1. The van der Waals surface area contributed by atoms with Crippen LogP contribution in [0.2, 0.25) is 0 Å². The average molecular weight is 360 g/mol. The van der Waals surface area contributed by atoms with Gasteiger partial charge in [0.05, 0.1) is 19.2 Å². The zero-order chi connectivity index (χ0) is 17.8. The fourth-order valence-corrected chi connectivity index (χ4v) is 4.22. The first-order valence-electron chi connectivity index (χ1n) is 8.97. The zero-order valence-corrected chi connectivity index (χ0v) is 16.0. The number of quaternary nitrogens is 1. The molecule has 1 aromatic heterocycles. The molecule has 5 heteroatoms. The van der Waals surface area contributed by atoms with E-state index in [1.807, 2.05) is 12.1 Å². The number of hydrogen-bond acceptors (Lipinski definition) is 3. The van der Waals surface area contributed by atoms with Crippen LogP contribution in [0.5, 0.6) is 5.75 Å². The summed E-state index contributed by atoms with van der Waals surface area (Å²) in [4.78, 5) is 16.4. The Morgan fingerprint density at radius 2 is 2.12 bits per heavy atom. The lowest BCUT2D eigenvalue weighted by atomic mass is 9.93. The SMILES string of the molecule is CC[C@H](C)[NH2+]CC(=O)N1CCc2sccc2[C@H]1c1ccc(OC)cc1. The number of benzene rings is 1. The van der Waals surface area contributed by atoms with Crippen LogP contribution < -0.4 is 10.1 Å². The highest BCUT2D eigenvalue weighted by Gasteiger charge is 2.33. The topological polar surface area (TPSA) is 46.2 Å². The van der Waals surface area contributed by atoms with E-state index in [-0.39, 0.29) is 11.9 Å². The number of carbonyl (C=O) groups is 1. The molecule has 25 heavy (non-hydrogen) atoms. The molecule has 134 valence electrons. The molecule has 0 bridgehead atoms. The van der Waals surface area contributed by atoms with E-state index in [9.17, 15) is 4.79 Å². The van der Waals surface area contributed by atoms with Crippen molar-refractivity contribution in [2.24, 2.45) is 0 Å². The van der Waals surface area contributed by atoms with Crippen LogP contribution in [0.25, 0.3) is 0 Å². The van der Waals surface area contributed by atoms with Crippen molar-refractivity contribution in [3.8, 4) is 5.75 Å². The van der Waals surface area contributed by atoms with Crippen molar-refractivity contribution < 1.29 is 14.8 Å². The van der Waals surface area contributed by atoms with E-state index in [1.165, 1.54) is 10.4 Å². The molecule has 0 saturated carbocycles. The molecule has 2 aromatic rings. The van der Waals surface area contributed by atoms with Gasteiger partial charge < -0.3 is 15.0 Å². The van der Waals surface area contributed by atoms with Crippen molar-refractivity contribution in [3.63, 3.8) is 0 Å². The van der Waals surface area contributed by atoms with E-state index in [4.69, 9.17) is 4.74 Å². The molecule has 0 spiro atoms. The summed E-state index contributed by atoms with van der Waals surface area (Å²) in [5.74, 6) is 1.06. The van der Waals surface area contributed by atoms with Crippen LogP contribution in [0.4, 0.5) is 0 Å². The predicted molar refractivity (Wildman–Crippen MR) is 101 cm³/mol. The minimum absolute atomic E-state index is 0.0127. The minimum Gasteiger partial charge on any atom is -0.497 e. The van der Waals surface area contributed by atoms with Gasteiger partial charge in [-0.2, -0.15) is 0 Å². The molecule has 0 radical (unpaired) electrons. The van der Waals surface area contributed by atoms with Gasteiger partial charge >= 0.3 is 0 Å². The second-order valence-corrected chi connectivity index (χ2v) is 7.64. The van der Waals surface area contributed by atoms with Crippen molar-refractivity contribution in [2.75, 3.05) is 20.2 Å². The third-order valence-electron chi connectivity index (χ3n) is 5.06. The quantitative estimate of drug-likeness (QED) is 0.862. The van der Waals surface area contributed by atoms with Crippen LogP contribution >= 0.6 is 11.3 Å². The first kappa shape index (κ1) is 18.0. The van der Waals surface area contributed by atoms with E-state index in [1.54, 1.807) is 18.4 Å². The maximum atomic E-state index is 12.9. The summed E-state index contributed by atoms with van der Waals surface area (Å²) in [5, 5.41) is 4.29. The summed E-state index contributed by atoms with van der Waals surface area (Å²) in [6.07, 6.45) is 2.03. The maximum absolute atomic E-state index is 12.9. The normalized spacial score (nSPS) is 17.9. The lowest BCUT2D eigenvalue weighted by Gasteiger charge is -2.36. The highest BCUT2D eigenvalue weighted by Crippen LogP contribution is 2.38. The summed E-state index contributed by atoms with van der Waals surface area (Å²) in [6.45, 7) is 5.63. The van der Waals surface area contributed by atoms with Gasteiger partial charge in [-0.3, -0.25) is 4.79 Å². The van der Waals surface area contributed by atoms with Gasteiger partial charge in [0.2, 0.25) is 0 Å². The van der Waals surface area contributed by atoms with E-state index < -0.39 is 0 Å². The van der Waals surface area contributed by atoms with Crippen LogP contribution in [-0.2, 0) is 11.2 Å². The smallest absolute Gasteiger partial charge is 0.278 e. The molecule has 1 aliphatic heterocycles. The summed E-state index contributed by atoms with van der Waals surface area (Å²) in [7, 11) is 1.67. The molecule has 1 aromatic carbocycles. The molecule has 0 aliphatic carbocycles. The van der Waals surface area contributed by atoms with Crippen molar-refractivity contribution in [2.45, 2.75) is 38.8 Å². The van der Waals surface area contributed by atoms with Crippen LogP contribution in [0.3, 0.4) is 0 Å². The van der Waals surface area contributed by atoms with E-state index in [0.29, 0.717) is 12.6 Å². The number of rotatable bonds is 6. The molecule has 2 atom stereocenters. The van der Waals surface area contributed by atoms with Gasteiger partial charge in [0.15, 0.2) is 6.54 Å². The lowest BCUT2D eigenvalue weighted by Crippen LogP contribution is -2.91. The molecule has 2 N–H and O–H groups in total. The number of carbonyl (C=O) groups excluding carboxylic acids is 1. The fourth-order valence-electron chi connectivity index (χ4n) is 3.32. The summed E-state index contributed by atoms with van der Waals surface area (Å²) < 4.78 is 5.28. The Labute approximate surface area is 153 Å². The largest absolute Gasteiger partial charge is 0.497 e. The number of methoxy groups -OCH3 is 1. The number of nitrogens with two attached hydrogens (primary N) is 1. The van der Waals surface area contributed by atoms with Gasteiger partial charge in [-0.05, 0) is 54.5 Å². The second-order valence-electron chi connectivity index (χ2n) is 6.64. The summed E-state index contributed by atoms with van der Waals surface area (Å²) in [6, 6.07) is 10.8. The summed E-state index contributed by atoms with van der Waals surface area (Å²) in [5.41, 5.74) is 2.43. The van der Waals surface area contributed by atoms with Gasteiger partial charge in [0, 0.05) is 11.4 Å². The third kappa shape index (κ3) is 3.88.